The summed E-state index contributed by atoms with van der Waals surface area (Å²) in [6.07, 6.45) is 0.356. The summed E-state index contributed by atoms with van der Waals surface area (Å²) in [5.74, 6) is 1.33. The van der Waals surface area contributed by atoms with Crippen molar-refractivity contribution in [2.24, 2.45) is 0 Å². The first-order chi connectivity index (χ1) is 12.3. The number of amides is 1. The number of nitrogens with one attached hydrogen (secondary N) is 1. The minimum Gasteiger partial charge on any atom is -0.497 e. The Labute approximate surface area is 158 Å². The molecule has 0 aliphatic heterocycles. The lowest BCUT2D eigenvalue weighted by atomic mass is 10.3. The van der Waals surface area contributed by atoms with Crippen LogP contribution in [0, 0.1) is 0 Å². The maximum absolute atomic E-state index is 12.0. The van der Waals surface area contributed by atoms with Gasteiger partial charge in [0.05, 0.1) is 12.0 Å². The van der Waals surface area contributed by atoms with Gasteiger partial charge in [0.2, 0.25) is 15.9 Å². The Morgan fingerprint density at radius 2 is 1.69 bits per heavy atom. The summed E-state index contributed by atoms with van der Waals surface area (Å²) >= 11 is 1.59. The van der Waals surface area contributed by atoms with E-state index in [1.807, 2.05) is 24.3 Å². The summed E-state index contributed by atoms with van der Waals surface area (Å²) in [6.45, 7) is 0. The zero-order valence-electron chi connectivity index (χ0n) is 14.9. The molecule has 0 radical (unpaired) electrons. The van der Waals surface area contributed by atoms with Crippen LogP contribution in [0.1, 0.15) is 6.42 Å². The highest BCUT2D eigenvalue weighted by Crippen LogP contribution is 2.22. The second-order valence-corrected chi connectivity index (χ2v) is 8.95. The first-order valence-corrected chi connectivity index (χ1v) is 10.3. The molecule has 0 fully saturated rings. The van der Waals surface area contributed by atoms with Gasteiger partial charge in [0.1, 0.15) is 5.75 Å². The number of nitrogens with zero attached hydrogens (tertiary/aromatic N) is 1. The molecule has 0 saturated carbocycles. The van der Waals surface area contributed by atoms with Crippen LogP contribution in [0.25, 0.3) is 0 Å². The van der Waals surface area contributed by atoms with Gasteiger partial charge in [0, 0.05) is 36.9 Å². The predicted octanol–water partition coefficient (Wildman–Crippen LogP) is 3.07. The molecular formula is C18H22N2O4S2. The second-order valence-electron chi connectivity index (χ2n) is 5.63. The highest BCUT2D eigenvalue weighted by atomic mass is 32.2. The number of anilines is 1. The van der Waals surface area contributed by atoms with Gasteiger partial charge in [-0.15, -0.1) is 11.8 Å². The van der Waals surface area contributed by atoms with Gasteiger partial charge in [0.15, 0.2) is 0 Å². The second kappa shape index (κ2) is 9.07. The maximum Gasteiger partial charge on any atom is 0.242 e. The molecule has 8 heteroatoms. The van der Waals surface area contributed by atoms with Crippen LogP contribution in [0.3, 0.4) is 0 Å². The number of carbonyl (C=O) groups is 1. The van der Waals surface area contributed by atoms with E-state index in [1.165, 1.54) is 26.2 Å². The smallest absolute Gasteiger partial charge is 0.242 e. The largest absolute Gasteiger partial charge is 0.497 e. The molecule has 0 heterocycles. The van der Waals surface area contributed by atoms with E-state index in [2.05, 4.69) is 5.32 Å². The van der Waals surface area contributed by atoms with E-state index in [9.17, 15) is 13.2 Å². The molecule has 0 aliphatic carbocycles. The van der Waals surface area contributed by atoms with Crippen LogP contribution >= 0.6 is 11.8 Å². The number of methoxy groups -OCH3 is 1. The first kappa shape index (κ1) is 20.3. The predicted molar refractivity (Wildman–Crippen MR) is 104 cm³/mol. The van der Waals surface area contributed by atoms with E-state index in [0.717, 1.165) is 15.0 Å². The third kappa shape index (κ3) is 5.48. The molecule has 0 saturated heterocycles. The van der Waals surface area contributed by atoms with Crippen molar-refractivity contribution in [3.05, 3.63) is 48.5 Å². The Kier molecular flexibility index (Phi) is 7.07. The van der Waals surface area contributed by atoms with Crippen LogP contribution in [0.5, 0.6) is 5.75 Å². The standard InChI is InChI=1S/C18H22N2O4S2/c1-20(2)26(22,23)17-10-4-14(5-11-17)19-18(21)12-13-25-16-8-6-15(24-3)7-9-16/h4-11H,12-13H2,1-3H3,(H,19,21). The lowest BCUT2D eigenvalue weighted by molar-refractivity contribution is -0.115. The van der Waals surface area contributed by atoms with Gasteiger partial charge in [-0.1, -0.05) is 0 Å². The molecule has 0 unspecified atom stereocenters. The van der Waals surface area contributed by atoms with Crippen molar-refractivity contribution in [2.75, 3.05) is 32.3 Å². The van der Waals surface area contributed by atoms with Crippen LogP contribution in [0.4, 0.5) is 5.69 Å². The van der Waals surface area contributed by atoms with Gasteiger partial charge in [0.25, 0.3) is 0 Å². The van der Waals surface area contributed by atoms with Crippen molar-refractivity contribution in [3.8, 4) is 5.75 Å². The Morgan fingerprint density at radius 1 is 1.08 bits per heavy atom. The van der Waals surface area contributed by atoms with Gasteiger partial charge in [-0.25, -0.2) is 12.7 Å². The van der Waals surface area contributed by atoms with E-state index in [1.54, 1.807) is 31.0 Å². The Bertz CT molecular complexity index is 832. The molecule has 6 nitrogen and oxygen atoms in total. The zero-order chi connectivity index (χ0) is 19.2. The van der Waals surface area contributed by atoms with Crippen LogP contribution in [0.2, 0.25) is 0 Å². The fourth-order valence-corrected chi connectivity index (χ4v) is 3.83. The van der Waals surface area contributed by atoms with E-state index >= 15 is 0 Å². The number of rotatable bonds is 8. The summed E-state index contributed by atoms with van der Waals surface area (Å²) in [7, 11) is 1.11. The maximum atomic E-state index is 12.0. The Hall–Kier alpha value is -2.03. The fraction of sp³-hybridized carbons (Fsp3) is 0.278. The SMILES string of the molecule is COc1ccc(SCCC(=O)Nc2ccc(S(=O)(=O)N(C)C)cc2)cc1. The fourth-order valence-electron chi connectivity index (χ4n) is 2.08. The first-order valence-electron chi connectivity index (χ1n) is 7.92. The molecule has 0 spiro atoms. The lowest BCUT2D eigenvalue weighted by Gasteiger charge is -2.12. The van der Waals surface area contributed by atoms with Crippen molar-refractivity contribution < 1.29 is 17.9 Å². The normalized spacial score (nSPS) is 11.4. The molecule has 0 atom stereocenters. The summed E-state index contributed by atoms with van der Waals surface area (Å²) in [5, 5.41) is 2.77. The van der Waals surface area contributed by atoms with Crippen LogP contribution < -0.4 is 10.1 Å². The third-order valence-corrected chi connectivity index (χ3v) is 6.42. The van der Waals surface area contributed by atoms with Crippen molar-refractivity contribution in [3.63, 3.8) is 0 Å². The Morgan fingerprint density at radius 3 is 2.23 bits per heavy atom. The molecular weight excluding hydrogens is 372 g/mol. The summed E-state index contributed by atoms with van der Waals surface area (Å²) in [6, 6.07) is 13.8. The van der Waals surface area contributed by atoms with Crippen molar-refractivity contribution >= 4 is 33.4 Å². The van der Waals surface area contributed by atoms with E-state index in [4.69, 9.17) is 4.74 Å². The van der Waals surface area contributed by atoms with E-state index in [-0.39, 0.29) is 10.8 Å². The number of benzene rings is 2. The van der Waals surface area contributed by atoms with Gasteiger partial charge >= 0.3 is 0 Å². The summed E-state index contributed by atoms with van der Waals surface area (Å²) < 4.78 is 30.3. The third-order valence-electron chi connectivity index (χ3n) is 3.57. The van der Waals surface area contributed by atoms with Gasteiger partial charge in [-0.3, -0.25) is 4.79 Å². The topological polar surface area (TPSA) is 75.7 Å². The molecule has 0 aromatic heterocycles. The van der Waals surface area contributed by atoms with Gasteiger partial charge in [-0.2, -0.15) is 0 Å². The number of sulfonamides is 1. The molecule has 0 aliphatic rings. The number of hydrogen-bond donors (Lipinski definition) is 1. The molecule has 2 aromatic rings. The van der Waals surface area contributed by atoms with Gasteiger partial charge < -0.3 is 10.1 Å². The molecule has 1 amide bonds. The molecule has 0 bridgehead atoms. The van der Waals surface area contributed by atoms with Crippen molar-refractivity contribution in [1.82, 2.24) is 4.31 Å². The Balaban J connectivity index is 1.84. The van der Waals surface area contributed by atoms with E-state index in [0.29, 0.717) is 17.9 Å². The molecule has 26 heavy (non-hydrogen) atoms. The molecule has 1 N–H and O–H groups in total. The number of ether oxygens (including phenoxy) is 1. The minimum absolute atomic E-state index is 0.116. The average Bonchev–Trinajstić information content (AvgIpc) is 2.62. The van der Waals surface area contributed by atoms with Crippen molar-refractivity contribution in [1.29, 1.82) is 0 Å². The zero-order valence-corrected chi connectivity index (χ0v) is 16.6. The summed E-state index contributed by atoms with van der Waals surface area (Å²) in [5.41, 5.74) is 0.571. The van der Waals surface area contributed by atoms with Gasteiger partial charge in [-0.05, 0) is 48.5 Å². The molecule has 2 rings (SSSR count). The average molecular weight is 395 g/mol. The number of thioether (sulfide) groups is 1. The highest BCUT2D eigenvalue weighted by Gasteiger charge is 2.16. The quantitative estimate of drug-likeness (QED) is 0.697. The van der Waals surface area contributed by atoms with Crippen LogP contribution in [-0.2, 0) is 14.8 Å². The van der Waals surface area contributed by atoms with Crippen molar-refractivity contribution in [2.45, 2.75) is 16.2 Å². The van der Waals surface area contributed by atoms with E-state index < -0.39 is 10.0 Å². The van der Waals surface area contributed by atoms with Crippen LogP contribution in [0.15, 0.2) is 58.3 Å². The lowest BCUT2D eigenvalue weighted by Crippen LogP contribution is -2.22. The molecule has 140 valence electrons. The monoisotopic (exact) mass is 394 g/mol. The summed E-state index contributed by atoms with van der Waals surface area (Å²) in [4.78, 5) is 13.3. The minimum atomic E-state index is -3.46. The number of carbonyl (C=O) groups excluding carboxylic acids is 1. The molecule has 2 aromatic carbocycles. The highest BCUT2D eigenvalue weighted by molar-refractivity contribution is 7.99. The van der Waals surface area contributed by atoms with Crippen LogP contribution in [-0.4, -0.2) is 45.6 Å². The number of hydrogen-bond acceptors (Lipinski definition) is 5.